The number of hydrogen-bond donors (Lipinski definition) is 1. The normalized spacial score (nSPS) is 18.1. The second-order valence-corrected chi connectivity index (χ2v) is 7.16. The van der Waals surface area contributed by atoms with Crippen LogP contribution in [0.2, 0.25) is 0 Å². The Labute approximate surface area is 162 Å². The number of anilines is 1. The number of halogens is 1. The van der Waals surface area contributed by atoms with Crippen molar-refractivity contribution in [2.45, 2.75) is 25.8 Å². The van der Waals surface area contributed by atoms with Gasteiger partial charge in [0.05, 0.1) is 23.8 Å². The van der Waals surface area contributed by atoms with Crippen LogP contribution in [0.4, 0.5) is 10.1 Å². The van der Waals surface area contributed by atoms with Gasteiger partial charge in [-0.1, -0.05) is 12.1 Å². The van der Waals surface area contributed by atoms with Gasteiger partial charge < -0.3 is 10.2 Å². The summed E-state index contributed by atoms with van der Waals surface area (Å²) >= 11 is 0. The molecule has 0 spiro atoms. The Morgan fingerprint density at radius 2 is 2.00 bits per heavy atom. The van der Waals surface area contributed by atoms with E-state index in [1.165, 1.54) is 12.1 Å². The Bertz CT molecular complexity index is 978. The number of carbonyl (C=O) groups is 1. The minimum absolute atomic E-state index is 0.0232. The second kappa shape index (κ2) is 7.88. The molecule has 0 aliphatic carbocycles. The van der Waals surface area contributed by atoms with Crippen molar-refractivity contribution in [1.82, 2.24) is 20.3 Å². The van der Waals surface area contributed by atoms with Crippen molar-refractivity contribution in [3.8, 4) is 0 Å². The summed E-state index contributed by atoms with van der Waals surface area (Å²) in [6.07, 6.45) is 6.84. The molecule has 1 aliphatic rings. The smallest absolute Gasteiger partial charge is 0.225 e. The van der Waals surface area contributed by atoms with Crippen molar-refractivity contribution < 1.29 is 9.18 Å². The van der Waals surface area contributed by atoms with Crippen molar-refractivity contribution >= 4 is 22.8 Å². The molecule has 144 valence electrons. The number of nitrogens with one attached hydrogen (secondary N) is 1. The van der Waals surface area contributed by atoms with E-state index in [0.29, 0.717) is 12.2 Å². The van der Waals surface area contributed by atoms with Gasteiger partial charge in [0.2, 0.25) is 5.91 Å². The maximum absolute atomic E-state index is 13.1. The number of fused-ring (bicyclic) bond motifs is 1. The molecule has 1 amide bonds. The Morgan fingerprint density at radius 1 is 1.21 bits per heavy atom. The standard InChI is InChI=1S/C21H22FN5O/c1-14(15-4-6-17(22)7-5-15)26-21(28)16-3-2-10-27(13-16)18-11-19-20(25-12-18)24-9-8-23-19/h4-9,11-12,14,16H,2-3,10,13H2,1H3,(H,26,28). The molecule has 1 aromatic carbocycles. The van der Waals surface area contributed by atoms with E-state index in [1.807, 2.05) is 13.0 Å². The SMILES string of the molecule is CC(NC(=O)C1CCCN(c2cnc3nccnc3c2)C1)c1ccc(F)cc1. The molecule has 2 unspecified atom stereocenters. The number of carbonyl (C=O) groups excluding carboxylic acids is 1. The van der Waals surface area contributed by atoms with Crippen LogP contribution in [0.3, 0.4) is 0 Å². The topological polar surface area (TPSA) is 71.0 Å². The lowest BCUT2D eigenvalue weighted by Crippen LogP contribution is -2.43. The second-order valence-electron chi connectivity index (χ2n) is 7.16. The molecule has 1 fully saturated rings. The van der Waals surface area contributed by atoms with Crippen LogP contribution in [-0.2, 0) is 4.79 Å². The van der Waals surface area contributed by atoms with Crippen LogP contribution in [0.25, 0.3) is 11.2 Å². The molecule has 2 aromatic heterocycles. The number of rotatable bonds is 4. The van der Waals surface area contributed by atoms with Crippen LogP contribution in [0.1, 0.15) is 31.4 Å². The lowest BCUT2D eigenvalue weighted by atomic mass is 9.96. The van der Waals surface area contributed by atoms with Crippen LogP contribution in [0.5, 0.6) is 0 Å². The first-order chi connectivity index (χ1) is 13.6. The van der Waals surface area contributed by atoms with Crippen LogP contribution in [-0.4, -0.2) is 33.9 Å². The Kier molecular flexibility index (Phi) is 5.14. The van der Waals surface area contributed by atoms with Gasteiger partial charge in [-0.25, -0.2) is 14.4 Å². The minimum atomic E-state index is -0.279. The molecule has 1 N–H and O–H groups in total. The number of hydrogen-bond acceptors (Lipinski definition) is 5. The van der Waals surface area contributed by atoms with E-state index in [-0.39, 0.29) is 23.7 Å². The number of benzene rings is 1. The molecular formula is C21H22FN5O. The molecule has 1 saturated heterocycles. The molecule has 7 heteroatoms. The van der Waals surface area contributed by atoms with Gasteiger partial charge in [-0.2, -0.15) is 0 Å². The number of amides is 1. The molecule has 0 bridgehead atoms. The van der Waals surface area contributed by atoms with Crippen LogP contribution in [0.15, 0.2) is 48.9 Å². The fraction of sp³-hybridized carbons (Fsp3) is 0.333. The van der Waals surface area contributed by atoms with Gasteiger partial charge in [-0.15, -0.1) is 0 Å². The monoisotopic (exact) mass is 379 g/mol. The summed E-state index contributed by atoms with van der Waals surface area (Å²) in [5.41, 5.74) is 3.21. The van der Waals surface area contributed by atoms with Crippen molar-refractivity contribution in [2.75, 3.05) is 18.0 Å². The summed E-state index contributed by atoms with van der Waals surface area (Å²) in [4.78, 5) is 27.9. The fourth-order valence-corrected chi connectivity index (χ4v) is 3.61. The number of aromatic nitrogens is 3. The maximum atomic E-state index is 13.1. The first-order valence-corrected chi connectivity index (χ1v) is 9.48. The maximum Gasteiger partial charge on any atom is 0.225 e. The van der Waals surface area contributed by atoms with Gasteiger partial charge in [-0.05, 0) is 43.5 Å². The highest BCUT2D eigenvalue weighted by molar-refractivity contribution is 5.80. The van der Waals surface area contributed by atoms with Crippen molar-refractivity contribution in [3.05, 3.63) is 60.3 Å². The molecule has 6 nitrogen and oxygen atoms in total. The summed E-state index contributed by atoms with van der Waals surface area (Å²) in [6, 6.07) is 8.04. The largest absolute Gasteiger partial charge is 0.369 e. The van der Waals surface area contributed by atoms with Crippen LogP contribution < -0.4 is 10.2 Å². The third-order valence-electron chi connectivity index (χ3n) is 5.20. The molecule has 0 radical (unpaired) electrons. The van der Waals surface area contributed by atoms with Crippen molar-refractivity contribution in [1.29, 1.82) is 0 Å². The molecule has 1 aliphatic heterocycles. The first-order valence-electron chi connectivity index (χ1n) is 9.48. The summed E-state index contributed by atoms with van der Waals surface area (Å²) in [6.45, 7) is 3.43. The highest BCUT2D eigenvalue weighted by Crippen LogP contribution is 2.25. The molecule has 28 heavy (non-hydrogen) atoms. The molecule has 3 aromatic rings. The van der Waals surface area contributed by atoms with Gasteiger partial charge in [0.25, 0.3) is 0 Å². The molecule has 4 rings (SSSR count). The summed E-state index contributed by atoms with van der Waals surface area (Å²) < 4.78 is 13.1. The summed E-state index contributed by atoms with van der Waals surface area (Å²) in [5.74, 6) is -0.358. The first kappa shape index (κ1) is 18.3. The van der Waals surface area contributed by atoms with Crippen molar-refractivity contribution in [3.63, 3.8) is 0 Å². The number of nitrogens with zero attached hydrogens (tertiary/aromatic N) is 4. The Balaban J connectivity index is 1.43. The highest BCUT2D eigenvalue weighted by Gasteiger charge is 2.27. The van der Waals surface area contributed by atoms with Gasteiger partial charge in [0.1, 0.15) is 11.3 Å². The molecule has 3 heterocycles. The average Bonchev–Trinajstić information content (AvgIpc) is 2.74. The third kappa shape index (κ3) is 3.93. The number of pyridine rings is 1. The third-order valence-corrected chi connectivity index (χ3v) is 5.20. The van der Waals surface area contributed by atoms with Crippen LogP contribution >= 0.6 is 0 Å². The highest BCUT2D eigenvalue weighted by atomic mass is 19.1. The van der Waals surface area contributed by atoms with Gasteiger partial charge in [0, 0.05) is 25.5 Å². The Hall–Kier alpha value is -3.09. The lowest BCUT2D eigenvalue weighted by Gasteiger charge is -2.34. The quantitative estimate of drug-likeness (QED) is 0.753. The lowest BCUT2D eigenvalue weighted by molar-refractivity contribution is -0.125. The molecular weight excluding hydrogens is 357 g/mol. The Morgan fingerprint density at radius 3 is 2.82 bits per heavy atom. The van der Waals surface area contributed by atoms with E-state index in [4.69, 9.17) is 0 Å². The van der Waals surface area contributed by atoms with Gasteiger partial charge >= 0.3 is 0 Å². The molecule has 2 atom stereocenters. The predicted molar refractivity (Wildman–Crippen MR) is 105 cm³/mol. The number of piperidine rings is 1. The average molecular weight is 379 g/mol. The zero-order valence-electron chi connectivity index (χ0n) is 15.7. The summed E-state index contributed by atoms with van der Waals surface area (Å²) in [7, 11) is 0. The van der Waals surface area contributed by atoms with E-state index < -0.39 is 0 Å². The van der Waals surface area contributed by atoms with Crippen molar-refractivity contribution in [2.24, 2.45) is 5.92 Å². The van der Waals surface area contributed by atoms with E-state index in [9.17, 15) is 9.18 Å². The van der Waals surface area contributed by atoms with Gasteiger partial charge in [-0.3, -0.25) is 9.78 Å². The minimum Gasteiger partial charge on any atom is -0.369 e. The van der Waals surface area contributed by atoms with Gasteiger partial charge in [0.15, 0.2) is 5.65 Å². The zero-order valence-corrected chi connectivity index (χ0v) is 15.7. The fourth-order valence-electron chi connectivity index (χ4n) is 3.61. The van der Waals surface area contributed by atoms with E-state index in [0.717, 1.165) is 36.2 Å². The summed E-state index contributed by atoms with van der Waals surface area (Å²) in [5, 5.41) is 3.06. The van der Waals surface area contributed by atoms with E-state index in [1.54, 1.807) is 30.7 Å². The van der Waals surface area contributed by atoms with E-state index >= 15 is 0 Å². The van der Waals surface area contributed by atoms with E-state index in [2.05, 4.69) is 25.2 Å². The van der Waals surface area contributed by atoms with Crippen LogP contribution in [0, 0.1) is 11.7 Å². The predicted octanol–water partition coefficient (Wildman–Crippen LogP) is 3.26. The zero-order chi connectivity index (χ0) is 19.5. The molecule has 0 saturated carbocycles.